The van der Waals surface area contributed by atoms with E-state index in [0.29, 0.717) is 22.4 Å². The third kappa shape index (κ3) is 2.41. The summed E-state index contributed by atoms with van der Waals surface area (Å²) in [6.07, 6.45) is 0. The fourth-order valence-electron chi connectivity index (χ4n) is 2.35. The number of fused-ring (bicyclic) bond motifs is 1. The molecule has 0 spiro atoms. The topological polar surface area (TPSA) is 55.5 Å². The van der Waals surface area contributed by atoms with Crippen LogP contribution in [0, 0.1) is 11.2 Å². The van der Waals surface area contributed by atoms with Gasteiger partial charge in [0.2, 0.25) is 5.55 Å². The smallest absolute Gasteiger partial charge is 0.212 e. The number of hydrogen-bond donors (Lipinski definition) is 1. The van der Waals surface area contributed by atoms with Gasteiger partial charge in [-0.2, -0.15) is 0 Å². The molecule has 0 aliphatic rings. The van der Waals surface area contributed by atoms with E-state index in [0.717, 1.165) is 5.56 Å². The van der Waals surface area contributed by atoms with Crippen LogP contribution in [0.3, 0.4) is 0 Å². The van der Waals surface area contributed by atoms with Crippen molar-refractivity contribution >= 4 is 11.0 Å². The molecule has 1 heterocycles. The van der Waals surface area contributed by atoms with Gasteiger partial charge in [-0.15, -0.1) is 0 Å². The third-order valence-corrected chi connectivity index (χ3v) is 3.42. The monoisotopic (exact) mass is 299 g/mol. The van der Waals surface area contributed by atoms with Gasteiger partial charge in [0.15, 0.2) is 11.4 Å². The van der Waals surface area contributed by atoms with Crippen molar-refractivity contribution in [1.82, 2.24) is 0 Å². The average Bonchev–Trinajstić information content (AvgIpc) is 2.54. The predicted octanol–water partition coefficient (Wildman–Crippen LogP) is 3.74. The van der Waals surface area contributed by atoms with Crippen molar-refractivity contribution in [2.45, 2.75) is 0 Å². The Bertz CT molecular complexity index is 902. The van der Waals surface area contributed by atoms with Gasteiger partial charge in [0.1, 0.15) is 11.5 Å². The van der Waals surface area contributed by atoms with Crippen LogP contribution in [0.15, 0.2) is 46.9 Å². The number of methoxy groups -OCH3 is 2. The van der Waals surface area contributed by atoms with Crippen LogP contribution in [0.25, 0.3) is 22.1 Å². The van der Waals surface area contributed by atoms with Gasteiger partial charge in [-0.25, -0.2) is 4.39 Å². The van der Waals surface area contributed by atoms with Crippen LogP contribution in [0.5, 0.6) is 11.5 Å². The van der Waals surface area contributed by atoms with Gasteiger partial charge in [-0.3, -0.25) is 5.41 Å². The van der Waals surface area contributed by atoms with E-state index in [1.807, 2.05) is 0 Å². The largest absolute Gasteiger partial charge is 0.497 e. The Labute approximate surface area is 126 Å². The van der Waals surface area contributed by atoms with Gasteiger partial charge >= 0.3 is 0 Å². The minimum absolute atomic E-state index is 0.0677. The lowest BCUT2D eigenvalue weighted by Gasteiger charge is -2.11. The Kier molecular flexibility index (Phi) is 3.55. The fourth-order valence-corrected chi connectivity index (χ4v) is 2.35. The van der Waals surface area contributed by atoms with E-state index in [4.69, 9.17) is 19.3 Å². The van der Waals surface area contributed by atoms with Crippen molar-refractivity contribution < 1.29 is 18.3 Å². The van der Waals surface area contributed by atoms with E-state index < -0.39 is 5.82 Å². The first-order chi connectivity index (χ1) is 10.6. The Morgan fingerprint density at radius 2 is 1.82 bits per heavy atom. The normalized spacial score (nSPS) is 10.7. The highest BCUT2D eigenvalue weighted by atomic mass is 19.1. The second-order valence-electron chi connectivity index (χ2n) is 4.74. The summed E-state index contributed by atoms with van der Waals surface area (Å²) in [5, 5.41) is 8.02. The summed E-state index contributed by atoms with van der Waals surface area (Å²) < 4.78 is 30.0. The van der Waals surface area contributed by atoms with Crippen LogP contribution < -0.4 is 15.0 Å². The van der Waals surface area contributed by atoms with Crippen molar-refractivity contribution in [3.63, 3.8) is 0 Å². The molecule has 3 rings (SSSR count). The molecule has 2 aromatic carbocycles. The summed E-state index contributed by atoms with van der Waals surface area (Å²) in [5.41, 5.74) is 1.35. The molecular formula is C17H14FNO3. The number of ether oxygens (including phenoxy) is 2. The fraction of sp³-hybridized carbons (Fsp3) is 0.118. The first-order valence-corrected chi connectivity index (χ1v) is 6.63. The Morgan fingerprint density at radius 3 is 2.55 bits per heavy atom. The summed E-state index contributed by atoms with van der Waals surface area (Å²) >= 11 is 0. The van der Waals surface area contributed by atoms with Crippen LogP contribution in [0.4, 0.5) is 4.39 Å². The first kappa shape index (κ1) is 14.1. The SMILES string of the molecule is COc1ccc(OC)c(-c2cc(F)c3oc(=N)ccc3c2)c1. The zero-order valence-electron chi connectivity index (χ0n) is 12.1. The Hall–Kier alpha value is -2.82. The van der Waals surface area contributed by atoms with Crippen molar-refractivity contribution in [2.75, 3.05) is 14.2 Å². The molecule has 1 N–H and O–H groups in total. The van der Waals surface area contributed by atoms with Crippen LogP contribution >= 0.6 is 0 Å². The van der Waals surface area contributed by atoms with Gasteiger partial charge in [-0.1, -0.05) is 0 Å². The highest BCUT2D eigenvalue weighted by Gasteiger charge is 2.12. The standard InChI is InChI=1S/C17H14FNO3/c1-20-12-4-5-15(21-2)13(9-12)11-7-10-3-6-16(19)22-17(10)14(18)8-11/h3-9,19H,1-2H3. The number of rotatable bonds is 3. The zero-order valence-corrected chi connectivity index (χ0v) is 12.1. The molecule has 0 aliphatic carbocycles. The molecule has 0 unspecified atom stereocenters. The quantitative estimate of drug-likeness (QED) is 0.801. The molecule has 0 aliphatic heterocycles. The number of nitrogens with one attached hydrogen (secondary N) is 1. The molecule has 0 saturated heterocycles. The van der Waals surface area contributed by atoms with E-state index in [1.165, 1.54) is 12.1 Å². The maximum atomic E-state index is 14.3. The predicted molar refractivity (Wildman–Crippen MR) is 80.6 cm³/mol. The summed E-state index contributed by atoms with van der Waals surface area (Å²) in [4.78, 5) is 0. The number of halogens is 1. The molecule has 112 valence electrons. The molecule has 22 heavy (non-hydrogen) atoms. The van der Waals surface area contributed by atoms with Crippen LogP contribution in [0.2, 0.25) is 0 Å². The van der Waals surface area contributed by atoms with Crippen molar-refractivity contribution in [3.8, 4) is 22.6 Å². The molecule has 0 atom stereocenters. The zero-order chi connectivity index (χ0) is 15.7. The van der Waals surface area contributed by atoms with E-state index >= 15 is 0 Å². The van der Waals surface area contributed by atoms with Crippen molar-refractivity contribution in [3.05, 3.63) is 53.8 Å². The lowest BCUT2D eigenvalue weighted by molar-refractivity contribution is 0.404. The molecule has 3 aromatic rings. The van der Waals surface area contributed by atoms with Gasteiger partial charge < -0.3 is 13.9 Å². The van der Waals surface area contributed by atoms with Gasteiger partial charge in [-0.05, 0) is 42.0 Å². The molecule has 0 fully saturated rings. The van der Waals surface area contributed by atoms with Crippen LogP contribution in [0.1, 0.15) is 0 Å². The molecule has 5 heteroatoms. The highest BCUT2D eigenvalue weighted by Crippen LogP contribution is 2.35. The maximum absolute atomic E-state index is 14.3. The third-order valence-electron chi connectivity index (χ3n) is 3.42. The average molecular weight is 299 g/mol. The van der Waals surface area contributed by atoms with Crippen molar-refractivity contribution in [1.29, 1.82) is 5.41 Å². The van der Waals surface area contributed by atoms with E-state index in [1.54, 1.807) is 44.6 Å². The second kappa shape index (κ2) is 5.52. The molecule has 4 nitrogen and oxygen atoms in total. The van der Waals surface area contributed by atoms with Gasteiger partial charge in [0.25, 0.3) is 0 Å². The Morgan fingerprint density at radius 1 is 1.00 bits per heavy atom. The minimum Gasteiger partial charge on any atom is -0.497 e. The van der Waals surface area contributed by atoms with Gasteiger partial charge in [0, 0.05) is 17.0 Å². The van der Waals surface area contributed by atoms with E-state index in [2.05, 4.69) is 0 Å². The lowest BCUT2D eigenvalue weighted by atomic mass is 10.0. The summed E-state index contributed by atoms with van der Waals surface area (Å²) in [5.74, 6) is 0.752. The molecule has 0 radical (unpaired) electrons. The van der Waals surface area contributed by atoms with Crippen molar-refractivity contribution in [2.24, 2.45) is 0 Å². The van der Waals surface area contributed by atoms with E-state index in [-0.39, 0.29) is 11.1 Å². The second-order valence-corrected chi connectivity index (χ2v) is 4.74. The maximum Gasteiger partial charge on any atom is 0.212 e. The Balaban J connectivity index is 2.26. The summed E-state index contributed by atoms with van der Waals surface area (Å²) in [7, 11) is 3.13. The number of benzene rings is 2. The summed E-state index contributed by atoms with van der Waals surface area (Å²) in [6, 6.07) is 11.6. The van der Waals surface area contributed by atoms with Crippen LogP contribution in [-0.2, 0) is 0 Å². The van der Waals surface area contributed by atoms with Crippen LogP contribution in [-0.4, -0.2) is 14.2 Å². The molecule has 0 saturated carbocycles. The molecule has 0 amide bonds. The summed E-state index contributed by atoms with van der Waals surface area (Å²) in [6.45, 7) is 0. The minimum atomic E-state index is -0.522. The lowest BCUT2D eigenvalue weighted by Crippen LogP contribution is -1.97. The highest BCUT2D eigenvalue weighted by molar-refractivity contribution is 5.85. The molecule has 0 bridgehead atoms. The molecular weight excluding hydrogens is 285 g/mol. The molecule has 1 aromatic heterocycles. The van der Waals surface area contributed by atoms with Gasteiger partial charge in [0.05, 0.1) is 14.2 Å². The first-order valence-electron chi connectivity index (χ1n) is 6.63. The number of hydrogen-bond acceptors (Lipinski definition) is 4. The van der Waals surface area contributed by atoms with E-state index in [9.17, 15) is 4.39 Å².